The van der Waals surface area contributed by atoms with Gasteiger partial charge in [0.1, 0.15) is 0 Å². The summed E-state index contributed by atoms with van der Waals surface area (Å²) in [7, 11) is 1.92. The highest BCUT2D eigenvalue weighted by molar-refractivity contribution is 5.73. The van der Waals surface area contributed by atoms with Crippen molar-refractivity contribution in [3.05, 3.63) is 0 Å². The minimum Gasteiger partial charge on any atom is -0.370 e. The molecule has 0 aromatic heterocycles. The number of rotatable bonds is 7. The van der Waals surface area contributed by atoms with E-state index in [2.05, 4.69) is 0 Å². The van der Waals surface area contributed by atoms with Crippen LogP contribution in [-0.2, 0) is 4.79 Å². The van der Waals surface area contributed by atoms with Gasteiger partial charge in [0.15, 0.2) is 0 Å². The lowest BCUT2D eigenvalue weighted by Crippen LogP contribution is -2.30. The quantitative estimate of drug-likeness (QED) is 0.576. The summed E-state index contributed by atoms with van der Waals surface area (Å²) in [6, 6.07) is 0. The summed E-state index contributed by atoms with van der Waals surface area (Å²) in [6.45, 7) is 3.96. The van der Waals surface area contributed by atoms with Crippen LogP contribution in [-0.4, -0.2) is 49.2 Å². The van der Waals surface area contributed by atoms with Gasteiger partial charge in [-0.1, -0.05) is 6.92 Å². The van der Waals surface area contributed by atoms with Crippen LogP contribution in [0.3, 0.4) is 0 Å². The number of carbonyl (C=O) groups is 1. The summed E-state index contributed by atoms with van der Waals surface area (Å²) >= 11 is 0. The number of amides is 1. The highest BCUT2D eigenvalue weighted by atomic mass is 19.2. The van der Waals surface area contributed by atoms with Gasteiger partial charge in [-0.15, -0.1) is 9.60 Å². The number of primary amides is 1. The van der Waals surface area contributed by atoms with Crippen LogP contribution in [0.1, 0.15) is 13.3 Å². The lowest BCUT2D eigenvalue weighted by atomic mass is 10.4. The largest absolute Gasteiger partial charge is 0.370 e. The second kappa shape index (κ2) is 6.80. The third-order valence-corrected chi connectivity index (χ3v) is 1.87. The molecular formula is C8H18FN3O. The minimum absolute atomic E-state index is 0.0757. The second-order valence-electron chi connectivity index (χ2n) is 3.02. The fourth-order valence-electron chi connectivity index (χ4n) is 0.781. The van der Waals surface area contributed by atoms with E-state index in [0.717, 1.165) is 6.54 Å². The topological polar surface area (TPSA) is 49.6 Å². The Bertz CT molecular complexity index is 154. The highest BCUT2D eigenvalue weighted by Gasteiger charge is 2.05. The van der Waals surface area contributed by atoms with E-state index in [1.54, 1.807) is 0 Å². The molecule has 0 saturated heterocycles. The van der Waals surface area contributed by atoms with E-state index in [0.29, 0.717) is 18.2 Å². The van der Waals surface area contributed by atoms with Gasteiger partial charge in [0, 0.05) is 26.1 Å². The van der Waals surface area contributed by atoms with Crippen molar-refractivity contribution < 1.29 is 9.28 Å². The Labute approximate surface area is 78.4 Å². The SMILES string of the molecule is CCN(C)CCN(F)CCC(N)=O. The maximum Gasteiger partial charge on any atom is 0.218 e. The molecule has 0 aliphatic rings. The third kappa shape index (κ3) is 7.67. The molecule has 0 aromatic carbocycles. The van der Waals surface area contributed by atoms with E-state index < -0.39 is 5.91 Å². The van der Waals surface area contributed by atoms with Crippen molar-refractivity contribution >= 4 is 5.91 Å². The fourth-order valence-corrected chi connectivity index (χ4v) is 0.781. The van der Waals surface area contributed by atoms with Crippen LogP contribution in [0.15, 0.2) is 0 Å². The lowest BCUT2D eigenvalue weighted by Gasteiger charge is -2.16. The molecule has 0 bridgehead atoms. The Kier molecular flexibility index (Phi) is 6.44. The number of nitrogens with two attached hydrogens (primary N) is 1. The Morgan fingerprint density at radius 2 is 2.00 bits per heavy atom. The molecule has 0 aliphatic carbocycles. The summed E-state index contributed by atoms with van der Waals surface area (Å²) in [6.07, 6.45) is 0.0757. The van der Waals surface area contributed by atoms with Crippen molar-refractivity contribution in [2.45, 2.75) is 13.3 Å². The number of hydrogen-bond acceptors (Lipinski definition) is 3. The van der Waals surface area contributed by atoms with Gasteiger partial charge in [0.05, 0.1) is 0 Å². The molecule has 0 atom stereocenters. The number of halogens is 1. The molecule has 78 valence electrons. The van der Waals surface area contributed by atoms with E-state index in [1.807, 2.05) is 18.9 Å². The molecule has 4 nitrogen and oxygen atoms in total. The van der Waals surface area contributed by atoms with E-state index in [4.69, 9.17) is 5.73 Å². The van der Waals surface area contributed by atoms with Crippen LogP contribution in [0, 0.1) is 0 Å². The van der Waals surface area contributed by atoms with Gasteiger partial charge in [0.2, 0.25) is 5.91 Å². The fraction of sp³-hybridized carbons (Fsp3) is 0.875. The monoisotopic (exact) mass is 191 g/mol. The van der Waals surface area contributed by atoms with Gasteiger partial charge in [-0.25, -0.2) is 0 Å². The summed E-state index contributed by atoms with van der Waals surface area (Å²) < 4.78 is 12.9. The van der Waals surface area contributed by atoms with Gasteiger partial charge in [-0.2, -0.15) is 0 Å². The first-order chi connectivity index (χ1) is 6.06. The Morgan fingerprint density at radius 3 is 2.46 bits per heavy atom. The van der Waals surface area contributed by atoms with E-state index >= 15 is 0 Å². The average Bonchev–Trinajstić information content (AvgIpc) is 2.10. The lowest BCUT2D eigenvalue weighted by molar-refractivity contribution is -0.119. The molecule has 0 aliphatic heterocycles. The molecule has 0 heterocycles. The summed E-state index contributed by atoms with van der Waals surface area (Å²) in [5, 5.41) is 0.622. The standard InChI is InChI=1S/C8H18FN3O/c1-3-11(2)6-7-12(9)5-4-8(10)13/h3-7H2,1-2H3,(H2,10,13). The zero-order chi connectivity index (χ0) is 10.3. The van der Waals surface area contributed by atoms with Gasteiger partial charge in [-0.05, 0) is 13.6 Å². The van der Waals surface area contributed by atoms with Gasteiger partial charge in [0.25, 0.3) is 0 Å². The summed E-state index contributed by atoms with van der Waals surface area (Å²) in [4.78, 5) is 12.3. The van der Waals surface area contributed by atoms with Gasteiger partial charge < -0.3 is 10.6 Å². The van der Waals surface area contributed by atoms with E-state index in [1.165, 1.54) is 0 Å². The second-order valence-corrected chi connectivity index (χ2v) is 3.02. The molecule has 0 aromatic rings. The summed E-state index contributed by atoms with van der Waals surface area (Å²) in [5.41, 5.74) is 4.88. The Hall–Kier alpha value is -0.680. The minimum atomic E-state index is -0.466. The zero-order valence-electron chi connectivity index (χ0n) is 8.29. The summed E-state index contributed by atoms with van der Waals surface area (Å²) in [5.74, 6) is -0.466. The first kappa shape index (κ1) is 12.3. The first-order valence-electron chi connectivity index (χ1n) is 4.43. The molecule has 0 unspecified atom stereocenters. The maximum absolute atomic E-state index is 12.9. The van der Waals surface area contributed by atoms with Crippen molar-refractivity contribution in [3.63, 3.8) is 0 Å². The predicted molar refractivity (Wildman–Crippen MR) is 49.7 cm³/mol. The van der Waals surface area contributed by atoms with Crippen LogP contribution >= 0.6 is 0 Å². The predicted octanol–water partition coefficient (Wildman–Crippen LogP) is -0.000000000000000111. The Balaban J connectivity index is 3.39. The van der Waals surface area contributed by atoms with Crippen LogP contribution in [0.5, 0.6) is 0 Å². The van der Waals surface area contributed by atoms with Crippen molar-refractivity contribution in [2.24, 2.45) is 5.73 Å². The Morgan fingerprint density at radius 1 is 1.38 bits per heavy atom. The van der Waals surface area contributed by atoms with E-state index in [9.17, 15) is 9.28 Å². The molecule has 2 N–H and O–H groups in total. The number of likely N-dealkylation sites (N-methyl/N-ethyl adjacent to an activating group) is 1. The molecule has 5 heteroatoms. The normalized spacial score (nSPS) is 11.2. The van der Waals surface area contributed by atoms with Gasteiger partial charge in [-0.3, -0.25) is 4.79 Å². The third-order valence-electron chi connectivity index (χ3n) is 1.87. The van der Waals surface area contributed by atoms with Crippen molar-refractivity contribution in [2.75, 3.05) is 33.2 Å². The highest BCUT2D eigenvalue weighted by Crippen LogP contribution is 1.92. The van der Waals surface area contributed by atoms with Crippen molar-refractivity contribution in [1.82, 2.24) is 10.0 Å². The molecular weight excluding hydrogens is 173 g/mol. The van der Waals surface area contributed by atoms with Crippen LogP contribution < -0.4 is 5.73 Å². The van der Waals surface area contributed by atoms with E-state index in [-0.39, 0.29) is 13.0 Å². The van der Waals surface area contributed by atoms with Crippen LogP contribution in [0.25, 0.3) is 0 Å². The molecule has 0 spiro atoms. The van der Waals surface area contributed by atoms with Gasteiger partial charge >= 0.3 is 0 Å². The molecule has 0 saturated carbocycles. The van der Waals surface area contributed by atoms with Crippen molar-refractivity contribution in [3.8, 4) is 0 Å². The number of nitrogens with zero attached hydrogens (tertiary/aromatic N) is 2. The molecule has 0 radical (unpaired) electrons. The average molecular weight is 191 g/mol. The molecule has 1 amide bonds. The molecule has 13 heavy (non-hydrogen) atoms. The molecule has 0 fully saturated rings. The van der Waals surface area contributed by atoms with Crippen molar-refractivity contribution in [1.29, 1.82) is 0 Å². The number of carbonyl (C=O) groups excluding carboxylic acids is 1. The number of hydrogen-bond donors (Lipinski definition) is 1. The zero-order valence-corrected chi connectivity index (χ0v) is 8.29. The maximum atomic E-state index is 12.9. The first-order valence-corrected chi connectivity index (χ1v) is 4.43. The van der Waals surface area contributed by atoms with Crippen LogP contribution in [0.2, 0.25) is 0 Å². The molecule has 0 rings (SSSR count). The van der Waals surface area contributed by atoms with Crippen LogP contribution in [0.4, 0.5) is 4.48 Å². The smallest absolute Gasteiger partial charge is 0.218 e.